The van der Waals surface area contributed by atoms with Gasteiger partial charge < -0.3 is 36.6 Å². The van der Waals surface area contributed by atoms with E-state index in [-0.39, 0.29) is 62.0 Å². The van der Waals surface area contributed by atoms with Crippen LogP contribution in [0, 0.1) is 0 Å². The molecule has 0 aromatic rings. The highest BCUT2D eigenvalue weighted by Crippen LogP contribution is 2.08. The Morgan fingerprint density at radius 3 is 1.28 bits per heavy atom. The molecule has 0 rings (SSSR count). The Kier molecular flexibility index (Phi) is 30.0. The summed E-state index contributed by atoms with van der Waals surface area (Å²) in [6, 6.07) is -2.61. The van der Waals surface area contributed by atoms with Gasteiger partial charge in [0.25, 0.3) is 0 Å². The summed E-state index contributed by atoms with van der Waals surface area (Å²) in [6.45, 7) is 2.93. The summed E-state index contributed by atoms with van der Waals surface area (Å²) in [5.74, 6) is -0.745. The highest BCUT2D eigenvalue weighted by atomic mass is 32.1. The summed E-state index contributed by atoms with van der Waals surface area (Å²) in [7, 11) is 0. The van der Waals surface area contributed by atoms with Crippen LogP contribution >= 0.6 is 50.5 Å². The van der Waals surface area contributed by atoms with Gasteiger partial charge in [-0.2, -0.15) is 50.5 Å². The van der Waals surface area contributed by atoms with Gasteiger partial charge in [-0.1, -0.05) is 0 Å². The van der Waals surface area contributed by atoms with Gasteiger partial charge in [0.05, 0.1) is 6.61 Å². The second-order valence-electron chi connectivity index (χ2n) is 11.4. The number of thiol groups is 4. The number of carbonyl (C=O) groups excluding carboxylic acids is 7. The van der Waals surface area contributed by atoms with Crippen LogP contribution in [0.15, 0.2) is 0 Å². The van der Waals surface area contributed by atoms with E-state index in [9.17, 15) is 33.6 Å². The first-order valence-electron chi connectivity index (χ1n) is 17.3. The third-order valence-corrected chi connectivity index (χ3v) is 8.14. The van der Waals surface area contributed by atoms with Crippen LogP contribution < -0.4 is 31.9 Å². The van der Waals surface area contributed by atoms with E-state index in [1.54, 1.807) is 6.92 Å². The fourth-order valence-corrected chi connectivity index (χ4v) is 5.44. The summed E-state index contributed by atoms with van der Waals surface area (Å²) < 4.78 is 5.18. The second kappa shape index (κ2) is 31.4. The van der Waals surface area contributed by atoms with Crippen molar-refractivity contribution in [3.63, 3.8) is 0 Å². The van der Waals surface area contributed by atoms with Gasteiger partial charge in [0.15, 0.2) is 0 Å². The fraction of sp³-hybridized carbons (Fsp3) is 0.781. The molecule has 0 heterocycles. The quantitative estimate of drug-likeness (QED) is 0.0291. The maximum absolute atomic E-state index is 13.3. The lowest BCUT2D eigenvalue weighted by Gasteiger charge is -2.23. The van der Waals surface area contributed by atoms with Crippen LogP contribution in [0.2, 0.25) is 0 Å². The molecule has 0 aromatic carbocycles. The Labute approximate surface area is 318 Å². The molecule has 0 aliphatic heterocycles. The fourth-order valence-electron chi connectivity index (χ4n) is 4.63. The normalized spacial score (nSPS) is 12.5. The maximum atomic E-state index is 13.3. The lowest BCUT2D eigenvalue weighted by atomic mass is 10.1. The molecule has 0 radical (unpaired) electrons. The Balaban J connectivity index is 5.12. The van der Waals surface area contributed by atoms with E-state index in [1.807, 2.05) is 0 Å². The Morgan fingerprint density at radius 2 is 0.860 bits per heavy atom. The molecule has 0 saturated carbocycles. The van der Waals surface area contributed by atoms with Crippen molar-refractivity contribution in [1.29, 1.82) is 0 Å². The van der Waals surface area contributed by atoms with Crippen LogP contribution in [0.25, 0.3) is 0 Å². The van der Waals surface area contributed by atoms with E-state index < -0.39 is 30.0 Å². The molecule has 288 valence electrons. The number of hydrogen-bond donors (Lipinski definition) is 10. The van der Waals surface area contributed by atoms with E-state index >= 15 is 0 Å². The SMILES string of the molecule is CCOC(=O)C(CCCCNC(=O)C(CCCCNC(=O)CCS)NC(=O)CCS)NC(=O)C(CCCCNC(=O)CCS)NC(=O)CCS. The highest BCUT2D eigenvalue weighted by Gasteiger charge is 2.27. The maximum Gasteiger partial charge on any atom is 0.328 e. The third-order valence-electron chi connectivity index (χ3n) is 7.25. The van der Waals surface area contributed by atoms with Crippen LogP contribution in [0.5, 0.6) is 0 Å². The molecule has 0 aliphatic rings. The summed E-state index contributed by atoms with van der Waals surface area (Å²) in [5.41, 5.74) is 0. The highest BCUT2D eigenvalue weighted by molar-refractivity contribution is 7.80. The van der Waals surface area contributed by atoms with Gasteiger partial charge in [-0.3, -0.25) is 28.8 Å². The molecule has 0 bridgehead atoms. The number of amides is 6. The van der Waals surface area contributed by atoms with E-state index in [0.29, 0.717) is 100 Å². The van der Waals surface area contributed by atoms with Gasteiger partial charge in [-0.25, -0.2) is 4.79 Å². The minimum absolute atomic E-state index is 0.0871. The van der Waals surface area contributed by atoms with Crippen molar-refractivity contribution >= 4 is 91.9 Å². The Hall–Kier alpha value is -2.31. The zero-order valence-electron chi connectivity index (χ0n) is 29.1. The Bertz CT molecular complexity index is 1040. The topological polar surface area (TPSA) is 201 Å². The van der Waals surface area contributed by atoms with Crippen molar-refractivity contribution in [1.82, 2.24) is 31.9 Å². The number of hydrogen-bond acceptors (Lipinski definition) is 12. The number of unbranched alkanes of at least 4 members (excludes halogenated alkanes) is 3. The predicted molar refractivity (Wildman–Crippen MR) is 207 cm³/mol. The zero-order chi connectivity index (χ0) is 37.6. The molecule has 0 spiro atoms. The van der Waals surface area contributed by atoms with Crippen LogP contribution in [-0.2, 0) is 38.3 Å². The first-order chi connectivity index (χ1) is 24.0. The number of rotatable bonds is 30. The third kappa shape index (κ3) is 24.8. The molecule has 3 unspecified atom stereocenters. The van der Waals surface area contributed by atoms with Crippen LogP contribution in [-0.4, -0.2) is 109 Å². The van der Waals surface area contributed by atoms with E-state index in [0.717, 1.165) is 0 Å². The van der Waals surface area contributed by atoms with Gasteiger partial charge in [0, 0.05) is 45.3 Å². The smallest absolute Gasteiger partial charge is 0.328 e. The second-order valence-corrected chi connectivity index (χ2v) is 13.2. The summed E-state index contributed by atoms with van der Waals surface area (Å²) in [6.07, 6.45) is 5.14. The lowest BCUT2D eigenvalue weighted by Crippen LogP contribution is -2.52. The van der Waals surface area contributed by atoms with Gasteiger partial charge in [-0.15, -0.1) is 0 Å². The minimum atomic E-state index is -0.968. The van der Waals surface area contributed by atoms with Crippen LogP contribution in [0.1, 0.15) is 90.4 Å². The minimum Gasteiger partial charge on any atom is -0.464 e. The molecular formula is C32H58N6O8S4. The molecule has 18 heteroatoms. The first kappa shape index (κ1) is 47.7. The van der Waals surface area contributed by atoms with Crippen LogP contribution in [0.3, 0.4) is 0 Å². The molecule has 3 atom stereocenters. The van der Waals surface area contributed by atoms with Crippen molar-refractivity contribution in [2.45, 2.75) is 109 Å². The van der Waals surface area contributed by atoms with E-state index in [1.165, 1.54) is 0 Å². The summed E-state index contributed by atoms with van der Waals surface area (Å²) in [5, 5.41) is 16.6. The van der Waals surface area contributed by atoms with Crippen molar-refractivity contribution in [2.75, 3.05) is 49.3 Å². The molecule has 0 aromatic heterocycles. The predicted octanol–water partition coefficient (Wildman–Crippen LogP) is 1.14. The molecule has 6 amide bonds. The Morgan fingerprint density at radius 1 is 0.480 bits per heavy atom. The van der Waals surface area contributed by atoms with E-state index in [2.05, 4.69) is 82.4 Å². The largest absolute Gasteiger partial charge is 0.464 e. The molecule has 0 aliphatic carbocycles. The van der Waals surface area contributed by atoms with Crippen LogP contribution in [0.4, 0.5) is 0 Å². The van der Waals surface area contributed by atoms with Gasteiger partial charge in [0.2, 0.25) is 35.4 Å². The molecule has 0 fully saturated rings. The molecule has 14 nitrogen and oxygen atoms in total. The summed E-state index contributed by atoms with van der Waals surface area (Å²) >= 11 is 16.2. The molecule has 50 heavy (non-hydrogen) atoms. The van der Waals surface area contributed by atoms with Gasteiger partial charge in [-0.05, 0) is 87.7 Å². The average Bonchev–Trinajstić information content (AvgIpc) is 3.06. The number of carbonyl (C=O) groups is 7. The van der Waals surface area contributed by atoms with Crippen molar-refractivity contribution in [3.8, 4) is 0 Å². The number of ether oxygens (including phenoxy) is 1. The van der Waals surface area contributed by atoms with Gasteiger partial charge in [0.1, 0.15) is 18.1 Å². The van der Waals surface area contributed by atoms with E-state index in [4.69, 9.17) is 4.74 Å². The zero-order valence-corrected chi connectivity index (χ0v) is 32.7. The molecule has 0 saturated heterocycles. The first-order valence-corrected chi connectivity index (χ1v) is 19.9. The lowest BCUT2D eigenvalue weighted by molar-refractivity contribution is -0.148. The van der Waals surface area contributed by atoms with Crippen molar-refractivity contribution in [3.05, 3.63) is 0 Å². The summed E-state index contributed by atoms with van der Waals surface area (Å²) in [4.78, 5) is 86.8. The molecular weight excluding hydrogens is 725 g/mol. The van der Waals surface area contributed by atoms with Crippen molar-refractivity contribution in [2.24, 2.45) is 0 Å². The monoisotopic (exact) mass is 782 g/mol. The molecule has 6 N–H and O–H groups in total. The van der Waals surface area contributed by atoms with Crippen molar-refractivity contribution < 1.29 is 38.3 Å². The van der Waals surface area contributed by atoms with Gasteiger partial charge >= 0.3 is 5.97 Å². The number of esters is 1. The average molecular weight is 783 g/mol. The standard InChI is InChI=1S/C32H58N6O8S4/c1-2-46-32(45)25(38-31(44)24(37-29(42)15-22-50)10-4-7-17-34-27(40)13-20-48)11-5-8-18-35-30(43)23(36-28(41)14-21-49)9-3-6-16-33-26(39)12-19-47/h23-25,47-50H,2-22H2,1H3,(H,33,39)(H,34,40)(H,35,43)(H,36,41)(H,37,42)(H,38,44). The number of nitrogens with one attached hydrogen (secondary N) is 6.